The maximum absolute atomic E-state index is 12.5. The Morgan fingerprint density at radius 2 is 2.14 bits per heavy atom. The van der Waals surface area contributed by atoms with E-state index in [9.17, 15) is 4.79 Å². The number of hydrogen-bond acceptors (Lipinski definition) is 3. The number of nitrogens with zero attached hydrogens (tertiary/aromatic N) is 1. The number of hydrogen-bond donors (Lipinski definition) is 0. The highest BCUT2D eigenvalue weighted by Gasteiger charge is 2.65. The molecule has 0 aromatic carbocycles. The van der Waals surface area contributed by atoms with Crippen molar-refractivity contribution in [1.82, 2.24) is 4.98 Å². The smallest absolute Gasteiger partial charge is 0.310 e. The van der Waals surface area contributed by atoms with Crippen LogP contribution in [-0.4, -0.2) is 16.6 Å². The molecule has 0 spiro atoms. The highest BCUT2D eigenvalue weighted by Crippen LogP contribution is 2.62. The van der Waals surface area contributed by atoms with Gasteiger partial charge >= 0.3 is 5.97 Å². The van der Waals surface area contributed by atoms with Gasteiger partial charge in [-0.3, -0.25) is 9.78 Å². The molecular formula is C18H23NO2. The molecule has 2 fully saturated rings. The summed E-state index contributed by atoms with van der Waals surface area (Å²) in [5, 5.41) is 0. The SMILES string of the molecule is CC(C)=C1CC[C@@]2(C)OC(=O)[C@H](Cc3ccccn3)[C@@]12C. The molecule has 0 N–H and O–H groups in total. The van der Waals surface area contributed by atoms with Crippen LogP contribution in [0.5, 0.6) is 0 Å². The van der Waals surface area contributed by atoms with Crippen LogP contribution in [0.4, 0.5) is 0 Å². The molecular weight excluding hydrogens is 262 g/mol. The molecule has 1 aromatic rings. The van der Waals surface area contributed by atoms with Crippen LogP contribution < -0.4 is 0 Å². The third-order valence-electron chi connectivity index (χ3n) is 5.63. The zero-order valence-corrected chi connectivity index (χ0v) is 13.3. The molecule has 0 bridgehead atoms. The lowest BCUT2D eigenvalue weighted by molar-refractivity contribution is -0.150. The lowest BCUT2D eigenvalue weighted by Gasteiger charge is -2.36. The molecule has 3 atom stereocenters. The molecule has 112 valence electrons. The Bertz CT molecular complexity index is 603. The van der Waals surface area contributed by atoms with E-state index in [0.717, 1.165) is 18.5 Å². The van der Waals surface area contributed by atoms with E-state index in [1.54, 1.807) is 6.20 Å². The van der Waals surface area contributed by atoms with Crippen LogP contribution in [0.3, 0.4) is 0 Å². The summed E-state index contributed by atoms with van der Waals surface area (Å²) in [6, 6.07) is 5.86. The van der Waals surface area contributed by atoms with Crippen molar-refractivity contribution >= 4 is 5.97 Å². The van der Waals surface area contributed by atoms with Gasteiger partial charge in [0, 0.05) is 23.7 Å². The van der Waals surface area contributed by atoms with Crippen molar-refractivity contribution in [3.8, 4) is 0 Å². The van der Waals surface area contributed by atoms with Crippen molar-refractivity contribution in [2.24, 2.45) is 11.3 Å². The van der Waals surface area contributed by atoms with Gasteiger partial charge in [-0.2, -0.15) is 0 Å². The molecule has 3 rings (SSSR count). The Hall–Kier alpha value is -1.64. The average Bonchev–Trinajstić information content (AvgIpc) is 2.79. The standard InChI is InChI=1S/C18H23NO2/c1-12(2)14-8-9-17(3)18(14,4)15(16(20)21-17)11-13-7-5-6-10-19-13/h5-7,10,15H,8-9,11H2,1-4H3/t15-,17+,18+/m0/s1. The van der Waals surface area contributed by atoms with E-state index in [4.69, 9.17) is 4.74 Å². The minimum atomic E-state index is -0.365. The summed E-state index contributed by atoms with van der Waals surface area (Å²) in [5.74, 6) is -0.200. The fraction of sp³-hybridized carbons (Fsp3) is 0.556. The van der Waals surface area contributed by atoms with Gasteiger partial charge in [-0.15, -0.1) is 0 Å². The number of carbonyl (C=O) groups is 1. The maximum atomic E-state index is 12.5. The number of aromatic nitrogens is 1. The molecule has 2 aliphatic rings. The summed E-state index contributed by atoms with van der Waals surface area (Å²) in [6.07, 6.45) is 4.39. The third-order valence-corrected chi connectivity index (χ3v) is 5.63. The Balaban J connectivity index is 2.03. The predicted octanol–water partition coefficient (Wildman–Crippen LogP) is 3.69. The van der Waals surface area contributed by atoms with E-state index in [1.807, 2.05) is 18.2 Å². The van der Waals surface area contributed by atoms with Crippen molar-refractivity contribution in [3.63, 3.8) is 0 Å². The first-order valence-electron chi connectivity index (χ1n) is 7.68. The van der Waals surface area contributed by atoms with Gasteiger partial charge in [0.25, 0.3) is 0 Å². The van der Waals surface area contributed by atoms with Crippen molar-refractivity contribution in [2.75, 3.05) is 0 Å². The zero-order chi connectivity index (χ0) is 15.3. The van der Waals surface area contributed by atoms with Gasteiger partial charge < -0.3 is 4.74 Å². The van der Waals surface area contributed by atoms with Crippen LogP contribution >= 0.6 is 0 Å². The molecule has 3 nitrogen and oxygen atoms in total. The van der Waals surface area contributed by atoms with E-state index < -0.39 is 0 Å². The summed E-state index contributed by atoms with van der Waals surface area (Å²) >= 11 is 0. The monoisotopic (exact) mass is 285 g/mol. The average molecular weight is 285 g/mol. The van der Waals surface area contributed by atoms with Crippen LogP contribution in [0.25, 0.3) is 0 Å². The molecule has 1 saturated heterocycles. The number of esters is 1. The molecule has 1 aromatic heterocycles. The molecule has 21 heavy (non-hydrogen) atoms. The normalized spacial score (nSPS) is 34.8. The van der Waals surface area contributed by atoms with Crippen molar-refractivity contribution in [3.05, 3.63) is 41.2 Å². The highest BCUT2D eigenvalue weighted by atomic mass is 16.6. The van der Waals surface area contributed by atoms with E-state index in [0.29, 0.717) is 6.42 Å². The Morgan fingerprint density at radius 1 is 1.38 bits per heavy atom. The second-order valence-electron chi connectivity index (χ2n) is 6.91. The van der Waals surface area contributed by atoms with Gasteiger partial charge in [-0.25, -0.2) is 0 Å². The molecule has 1 aliphatic heterocycles. The minimum Gasteiger partial charge on any atom is -0.458 e. The largest absolute Gasteiger partial charge is 0.458 e. The highest BCUT2D eigenvalue weighted by molar-refractivity contribution is 5.79. The molecule has 0 amide bonds. The number of fused-ring (bicyclic) bond motifs is 1. The van der Waals surface area contributed by atoms with Crippen LogP contribution in [0.15, 0.2) is 35.5 Å². The van der Waals surface area contributed by atoms with E-state index >= 15 is 0 Å². The van der Waals surface area contributed by atoms with E-state index in [1.165, 1.54) is 11.1 Å². The quantitative estimate of drug-likeness (QED) is 0.614. The van der Waals surface area contributed by atoms with Crippen LogP contribution in [0.1, 0.15) is 46.2 Å². The molecule has 0 unspecified atom stereocenters. The lowest BCUT2D eigenvalue weighted by Crippen LogP contribution is -2.40. The zero-order valence-electron chi connectivity index (χ0n) is 13.3. The van der Waals surface area contributed by atoms with E-state index in [-0.39, 0.29) is 22.9 Å². The number of carbonyl (C=O) groups excluding carboxylic acids is 1. The molecule has 0 radical (unpaired) electrons. The van der Waals surface area contributed by atoms with Gasteiger partial charge in [-0.1, -0.05) is 24.1 Å². The number of pyridine rings is 1. The van der Waals surface area contributed by atoms with Gasteiger partial charge in [-0.05, 0) is 45.7 Å². The Morgan fingerprint density at radius 3 is 2.76 bits per heavy atom. The number of rotatable bonds is 2. The fourth-order valence-electron chi connectivity index (χ4n) is 4.25. The summed E-state index contributed by atoms with van der Waals surface area (Å²) in [5.41, 5.74) is 3.11. The van der Waals surface area contributed by atoms with Gasteiger partial charge in [0.2, 0.25) is 0 Å². The number of ether oxygens (including phenoxy) is 1. The van der Waals surface area contributed by atoms with E-state index in [2.05, 4.69) is 32.7 Å². The number of allylic oxidation sites excluding steroid dienone is 1. The molecule has 1 aliphatic carbocycles. The van der Waals surface area contributed by atoms with Crippen LogP contribution in [-0.2, 0) is 16.0 Å². The first-order chi connectivity index (χ1) is 9.88. The molecule has 1 saturated carbocycles. The molecule has 2 heterocycles. The summed E-state index contributed by atoms with van der Waals surface area (Å²) in [7, 11) is 0. The second-order valence-corrected chi connectivity index (χ2v) is 6.91. The van der Waals surface area contributed by atoms with Gasteiger partial charge in [0.05, 0.1) is 5.92 Å². The van der Waals surface area contributed by atoms with Crippen molar-refractivity contribution in [1.29, 1.82) is 0 Å². The minimum absolute atomic E-state index is 0.0656. The second kappa shape index (κ2) is 4.69. The third kappa shape index (κ3) is 1.94. The summed E-state index contributed by atoms with van der Waals surface area (Å²) in [4.78, 5) is 16.9. The Labute approximate surface area is 126 Å². The van der Waals surface area contributed by atoms with Crippen LogP contribution in [0.2, 0.25) is 0 Å². The van der Waals surface area contributed by atoms with Gasteiger partial charge in [0.1, 0.15) is 5.60 Å². The fourth-order valence-corrected chi connectivity index (χ4v) is 4.25. The van der Waals surface area contributed by atoms with Crippen LogP contribution in [0, 0.1) is 11.3 Å². The first kappa shape index (κ1) is 14.3. The summed E-state index contributed by atoms with van der Waals surface area (Å²) in [6.45, 7) is 8.60. The summed E-state index contributed by atoms with van der Waals surface area (Å²) < 4.78 is 5.84. The lowest BCUT2D eigenvalue weighted by atomic mass is 9.65. The Kier molecular flexibility index (Phi) is 3.19. The van der Waals surface area contributed by atoms with Gasteiger partial charge in [0.15, 0.2) is 0 Å². The molecule has 3 heteroatoms. The van der Waals surface area contributed by atoms with Crippen molar-refractivity contribution in [2.45, 2.75) is 52.6 Å². The maximum Gasteiger partial charge on any atom is 0.310 e. The first-order valence-corrected chi connectivity index (χ1v) is 7.68. The topological polar surface area (TPSA) is 39.2 Å². The predicted molar refractivity (Wildman–Crippen MR) is 81.6 cm³/mol. The van der Waals surface area contributed by atoms with Crippen molar-refractivity contribution < 1.29 is 9.53 Å².